The molecule has 8 nitrogen and oxygen atoms in total. The Labute approximate surface area is 201 Å². The fourth-order valence-corrected chi connectivity index (χ4v) is 4.69. The second-order valence-electron chi connectivity index (χ2n) is 9.93. The lowest BCUT2D eigenvalue weighted by Gasteiger charge is -2.39. The highest BCUT2D eigenvalue weighted by Gasteiger charge is 2.34. The number of tetrazole rings is 1. The maximum absolute atomic E-state index is 5.55. The van der Waals surface area contributed by atoms with Crippen LogP contribution in [0.15, 0.2) is 42.5 Å². The van der Waals surface area contributed by atoms with Gasteiger partial charge in [-0.25, -0.2) is 4.68 Å². The van der Waals surface area contributed by atoms with Crippen LogP contribution in [0, 0.1) is 6.92 Å². The molecule has 1 atom stereocenters. The summed E-state index contributed by atoms with van der Waals surface area (Å²) in [6.07, 6.45) is 0.953. The molecule has 0 bridgehead atoms. The zero-order chi connectivity index (χ0) is 23.7. The third kappa shape index (κ3) is 4.52. The molecular formula is C26H34N6O2. The number of rotatable bonds is 7. The molecule has 3 aromatic rings. The Morgan fingerprint density at radius 1 is 0.971 bits per heavy atom. The quantitative estimate of drug-likeness (QED) is 0.530. The van der Waals surface area contributed by atoms with Crippen molar-refractivity contribution in [1.29, 1.82) is 0 Å². The van der Waals surface area contributed by atoms with E-state index >= 15 is 0 Å². The number of nitrogens with zero attached hydrogens (tertiary/aromatic N) is 6. The van der Waals surface area contributed by atoms with E-state index < -0.39 is 0 Å². The van der Waals surface area contributed by atoms with Gasteiger partial charge in [0.05, 0.1) is 11.6 Å². The van der Waals surface area contributed by atoms with Crippen LogP contribution in [0.4, 0.5) is 0 Å². The highest BCUT2D eigenvalue weighted by molar-refractivity contribution is 5.44. The van der Waals surface area contributed by atoms with E-state index in [0.717, 1.165) is 56.5 Å². The number of hydrogen-bond acceptors (Lipinski definition) is 7. The number of fused-ring (bicyclic) bond motifs is 1. The molecule has 0 saturated carbocycles. The SMILES string of the molecule is CCC(C)(C)n1nnnc1[C@@H](c1ccc(C)cc1)N1CCN(Cc2ccc3c(c2)OCO3)CC1. The summed E-state index contributed by atoms with van der Waals surface area (Å²) in [5, 5.41) is 13.1. The van der Waals surface area contributed by atoms with Crippen molar-refractivity contribution in [3.63, 3.8) is 0 Å². The first-order valence-electron chi connectivity index (χ1n) is 12.1. The summed E-state index contributed by atoms with van der Waals surface area (Å²) in [7, 11) is 0. The van der Waals surface area contributed by atoms with Gasteiger partial charge in [0.15, 0.2) is 17.3 Å². The number of benzene rings is 2. The Kier molecular flexibility index (Phi) is 6.27. The van der Waals surface area contributed by atoms with Gasteiger partial charge in [-0.05, 0) is 60.9 Å². The van der Waals surface area contributed by atoms with Crippen LogP contribution in [0.25, 0.3) is 0 Å². The molecule has 0 spiro atoms. The summed E-state index contributed by atoms with van der Waals surface area (Å²) >= 11 is 0. The van der Waals surface area contributed by atoms with E-state index in [1.807, 2.05) is 10.7 Å². The number of hydrogen-bond donors (Lipinski definition) is 0. The van der Waals surface area contributed by atoms with Crippen LogP contribution in [-0.2, 0) is 12.1 Å². The fraction of sp³-hybridized carbons (Fsp3) is 0.500. The Morgan fingerprint density at radius 3 is 2.44 bits per heavy atom. The Hall–Kier alpha value is -2.97. The third-order valence-electron chi connectivity index (χ3n) is 7.19. The Morgan fingerprint density at radius 2 is 1.71 bits per heavy atom. The van der Waals surface area contributed by atoms with Gasteiger partial charge in [-0.2, -0.15) is 0 Å². The molecule has 2 aliphatic heterocycles. The molecule has 2 aromatic carbocycles. The van der Waals surface area contributed by atoms with Crippen LogP contribution in [0.3, 0.4) is 0 Å². The van der Waals surface area contributed by atoms with E-state index in [1.54, 1.807) is 0 Å². The van der Waals surface area contributed by atoms with Crippen molar-refractivity contribution in [1.82, 2.24) is 30.0 Å². The largest absolute Gasteiger partial charge is 0.454 e. The zero-order valence-corrected chi connectivity index (χ0v) is 20.6. The summed E-state index contributed by atoms with van der Waals surface area (Å²) in [4.78, 5) is 5.02. The van der Waals surface area contributed by atoms with Gasteiger partial charge in [0.1, 0.15) is 0 Å². The average Bonchev–Trinajstić information content (AvgIpc) is 3.51. The molecule has 0 radical (unpaired) electrons. The van der Waals surface area contributed by atoms with Crippen molar-refractivity contribution in [3.8, 4) is 11.5 Å². The highest BCUT2D eigenvalue weighted by Crippen LogP contribution is 2.34. The molecule has 1 fully saturated rings. The van der Waals surface area contributed by atoms with Gasteiger partial charge in [0.2, 0.25) is 6.79 Å². The van der Waals surface area contributed by atoms with Gasteiger partial charge in [-0.3, -0.25) is 9.80 Å². The molecule has 0 aliphatic carbocycles. The lowest BCUT2D eigenvalue weighted by atomic mass is 9.98. The van der Waals surface area contributed by atoms with Crippen molar-refractivity contribution < 1.29 is 9.47 Å². The highest BCUT2D eigenvalue weighted by atomic mass is 16.7. The molecule has 0 N–H and O–H groups in total. The molecule has 0 amide bonds. The van der Waals surface area contributed by atoms with E-state index in [0.29, 0.717) is 6.79 Å². The minimum atomic E-state index is -0.150. The topological polar surface area (TPSA) is 68.5 Å². The molecule has 1 aromatic heterocycles. The van der Waals surface area contributed by atoms with Crippen LogP contribution in [0.1, 0.15) is 55.7 Å². The molecule has 1 saturated heterocycles. The van der Waals surface area contributed by atoms with Crippen molar-refractivity contribution in [2.75, 3.05) is 33.0 Å². The zero-order valence-electron chi connectivity index (χ0n) is 20.6. The summed E-state index contributed by atoms with van der Waals surface area (Å²) < 4.78 is 13.0. The van der Waals surface area contributed by atoms with Crippen LogP contribution in [-0.4, -0.2) is 63.0 Å². The van der Waals surface area contributed by atoms with Crippen LogP contribution in [0.2, 0.25) is 0 Å². The van der Waals surface area contributed by atoms with Crippen molar-refractivity contribution in [3.05, 3.63) is 65.0 Å². The monoisotopic (exact) mass is 462 g/mol. The first-order valence-corrected chi connectivity index (χ1v) is 12.1. The van der Waals surface area contributed by atoms with E-state index in [2.05, 4.69) is 89.4 Å². The molecular weight excluding hydrogens is 428 g/mol. The molecule has 34 heavy (non-hydrogen) atoms. The predicted octanol–water partition coefficient (Wildman–Crippen LogP) is 3.76. The van der Waals surface area contributed by atoms with Crippen LogP contribution >= 0.6 is 0 Å². The maximum atomic E-state index is 5.55. The summed E-state index contributed by atoms with van der Waals surface area (Å²) in [6.45, 7) is 13.8. The van der Waals surface area contributed by atoms with Gasteiger partial charge in [0, 0.05) is 32.7 Å². The van der Waals surface area contributed by atoms with Gasteiger partial charge >= 0.3 is 0 Å². The van der Waals surface area contributed by atoms with Gasteiger partial charge in [-0.15, -0.1) is 5.10 Å². The summed E-state index contributed by atoms with van der Waals surface area (Å²) in [5.41, 5.74) is 3.59. The molecule has 0 unspecified atom stereocenters. The average molecular weight is 463 g/mol. The maximum Gasteiger partial charge on any atom is 0.231 e. The lowest BCUT2D eigenvalue weighted by molar-refractivity contribution is 0.0972. The smallest absolute Gasteiger partial charge is 0.231 e. The predicted molar refractivity (Wildman–Crippen MR) is 130 cm³/mol. The minimum absolute atomic E-state index is 0.0223. The Bertz CT molecular complexity index is 1120. The van der Waals surface area contributed by atoms with Crippen molar-refractivity contribution in [2.45, 2.75) is 52.2 Å². The number of aromatic nitrogens is 4. The molecule has 3 heterocycles. The number of ether oxygens (including phenoxy) is 2. The van der Waals surface area contributed by atoms with Crippen molar-refractivity contribution >= 4 is 0 Å². The van der Waals surface area contributed by atoms with E-state index in [1.165, 1.54) is 16.7 Å². The summed E-state index contributed by atoms with van der Waals surface area (Å²) in [6, 6.07) is 15.1. The van der Waals surface area contributed by atoms with Gasteiger partial charge in [-0.1, -0.05) is 42.8 Å². The molecule has 5 rings (SSSR count). The number of piperazine rings is 1. The number of aryl methyl sites for hydroxylation is 1. The minimum Gasteiger partial charge on any atom is -0.454 e. The second kappa shape index (κ2) is 9.35. The van der Waals surface area contributed by atoms with Crippen molar-refractivity contribution in [2.24, 2.45) is 0 Å². The standard InChI is InChI=1S/C26H34N6O2/c1-5-26(3,4)32-25(27-28-29-32)24(21-9-6-19(2)7-10-21)31-14-12-30(13-15-31)17-20-8-11-22-23(16-20)34-18-33-22/h6-11,16,24H,5,12-15,17-18H2,1-4H3/t24-/m1/s1. The lowest BCUT2D eigenvalue weighted by Crippen LogP contribution is -2.48. The van der Waals surface area contributed by atoms with E-state index in [-0.39, 0.29) is 11.6 Å². The summed E-state index contributed by atoms with van der Waals surface area (Å²) in [5.74, 6) is 2.60. The van der Waals surface area contributed by atoms with Gasteiger partial charge < -0.3 is 9.47 Å². The van der Waals surface area contributed by atoms with E-state index in [9.17, 15) is 0 Å². The van der Waals surface area contributed by atoms with Crippen LogP contribution in [0.5, 0.6) is 11.5 Å². The van der Waals surface area contributed by atoms with Gasteiger partial charge in [0.25, 0.3) is 0 Å². The third-order valence-corrected chi connectivity index (χ3v) is 7.19. The van der Waals surface area contributed by atoms with E-state index in [4.69, 9.17) is 9.47 Å². The molecule has 2 aliphatic rings. The molecule has 8 heteroatoms. The first-order chi connectivity index (χ1) is 16.4. The van der Waals surface area contributed by atoms with Crippen LogP contribution < -0.4 is 9.47 Å². The normalized spacial score (nSPS) is 17.8. The first kappa shape index (κ1) is 22.8. The molecule has 180 valence electrons. The fourth-order valence-electron chi connectivity index (χ4n) is 4.69. The Balaban J connectivity index is 1.35. The second-order valence-corrected chi connectivity index (χ2v) is 9.93.